The minimum atomic E-state index is 0.107. The Morgan fingerprint density at radius 3 is 2.35 bits per heavy atom. The predicted octanol–water partition coefficient (Wildman–Crippen LogP) is 4.13. The van der Waals surface area contributed by atoms with Gasteiger partial charge in [-0.05, 0) is 69.6 Å². The van der Waals surface area contributed by atoms with Gasteiger partial charge in [-0.15, -0.1) is 0 Å². The number of rotatable bonds is 4. The Morgan fingerprint density at radius 1 is 1.04 bits per heavy atom. The van der Waals surface area contributed by atoms with E-state index < -0.39 is 0 Å². The van der Waals surface area contributed by atoms with E-state index in [1.54, 1.807) is 0 Å². The summed E-state index contributed by atoms with van der Waals surface area (Å²) in [4.78, 5) is 15.2. The Kier molecular flexibility index (Phi) is 5.09. The van der Waals surface area contributed by atoms with E-state index in [0.29, 0.717) is 11.3 Å². The molecule has 3 aliphatic rings. The molecule has 1 saturated heterocycles. The molecule has 3 heteroatoms. The second-order valence-electron chi connectivity index (χ2n) is 9.33. The zero-order chi connectivity index (χ0) is 18.0. The molecule has 142 valence electrons. The van der Waals surface area contributed by atoms with Crippen LogP contribution in [-0.2, 0) is 10.2 Å². The molecule has 3 fully saturated rings. The van der Waals surface area contributed by atoms with Crippen LogP contribution in [0.1, 0.15) is 63.4 Å². The number of carbonyl (C=O) groups is 1. The molecule has 1 heterocycles. The molecule has 0 radical (unpaired) electrons. The van der Waals surface area contributed by atoms with E-state index in [1.807, 2.05) is 0 Å². The molecule has 3 nitrogen and oxygen atoms in total. The minimum absolute atomic E-state index is 0.107. The van der Waals surface area contributed by atoms with Crippen LogP contribution in [0.2, 0.25) is 0 Å². The molecule has 2 saturated carbocycles. The smallest absolute Gasteiger partial charge is 0.223 e. The Bertz CT molecular complexity index is 604. The SMILES string of the molecule is CN1CCC(CNC(=O)C2CC3(CCCCC3)C2)(c2ccccc2)CC1. The van der Waals surface area contributed by atoms with Crippen molar-refractivity contribution in [2.75, 3.05) is 26.7 Å². The van der Waals surface area contributed by atoms with Crippen LogP contribution in [0.15, 0.2) is 30.3 Å². The molecule has 0 unspecified atom stereocenters. The van der Waals surface area contributed by atoms with Gasteiger partial charge in [0.05, 0.1) is 0 Å². The van der Waals surface area contributed by atoms with Crippen LogP contribution in [0.4, 0.5) is 0 Å². The van der Waals surface area contributed by atoms with Crippen molar-refractivity contribution in [2.45, 2.75) is 63.2 Å². The fourth-order valence-electron chi connectivity index (χ4n) is 5.69. The van der Waals surface area contributed by atoms with Crippen molar-refractivity contribution in [3.05, 3.63) is 35.9 Å². The third-order valence-corrected chi connectivity index (χ3v) is 7.58. The number of carbonyl (C=O) groups excluding carboxylic acids is 1. The van der Waals surface area contributed by atoms with E-state index in [-0.39, 0.29) is 11.3 Å². The molecule has 4 rings (SSSR count). The first-order valence-corrected chi connectivity index (χ1v) is 10.6. The molecule has 1 N–H and O–H groups in total. The molecule has 0 bridgehead atoms. The lowest BCUT2D eigenvalue weighted by molar-refractivity contribution is -0.134. The maximum Gasteiger partial charge on any atom is 0.223 e. The first-order chi connectivity index (χ1) is 12.6. The highest BCUT2D eigenvalue weighted by molar-refractivity contribution is 5.80. The van der Waals surface area contributed by atoms with E-state index in [4.69, 9.17) is 0 Å². The second-order valence-corrected chi connectivity index (χ2v) is 9.33. The standard InChI is InChI=1S/C23H34N2O/c1-25-14-12-23(13-15-25,20-8-4-2-5-9-20)18-24-21(26)19-16-22(17-19)10-6-3-7-11-22/h2,4-5,8-9,19H,3,6-7,10-18H2,1H3,(H,24,26). The lowest BCUT2D eigenvalue weighted by Gasteiger charge is -2.50. The van der Waals surface area contributed by atoms with Gasteiger partial charge in [-0.3, -0.25) is 4.79 Å². The van der Waals surface area contributed by atoms with Crippen LogP contribution >= 0.6 is 0 Å². The predicted molar refractivity (Wildman–Crippen MR) is 106 cm³/mol. The van der Waals surface area contributed by atoms with Gasteiger partial charge in [0.25, 0.3) is 0 Å². The fraction of sp³-hybridized carbons (Fsp3) is 0.696. The Morgan fingerprint density at radius 2 is 1.69 bits per heavy atom. The maximum atomic E-state index is 12.8. The van der Waals surface area contributed by atoms with Gasteiger partial charge in [0, 0.05) is 17.9 Å². The van der Waals surface area contributed by atoms with Crippen LogP contribution in [0.5, 0.6) is 0 Å². The van der Waals surface area contributed by atoms with Gasteiger partial charge in [0.15, 0.2) is 0 Å². The molecule has 26 heavy (non-hydrogen) atoms. The van der Waals surface area contributed by atoms with E-state index in [0.717, 1.165) is 45.3 Å². The summed E-state index contributed by atoms with van der Waals surface area (Å²) in [5, 5.41) is 3.37. The van der Waals surface area contributed by atoms with Crippen molar-refractivity contribution in [2.24, 2.45) is 11.3 Å². The molecule has 1 spiro atoms. The molecule has 1 aromatic carbocycles. The zero-order valence-electron chi connectivity index (χ0n) is 16.3. The van der Waals surface area contributed by atoms with Crippen LogP contribution in [0.25, 0.3) is 0 Å². The van der Waals surface area contributed by atoms with Gasteiger partial charge in [-0.25, -0.2) is 0 Å². The van der Waals surface area contributed by atoms with E-state index in [9.17, 15) is 4.79 Å². The molecule has 0 atom stereocenters. The van der Waals surface area contributed by atoms with Crippen molar-refractivity contribution >= 4 is 5.91 Å². The summed E-state index contributed by atoms with van der Waals surface area (Å²) in [6.07, 6.45) is 11.4. The fourth-order valence-corrected chi connectivity index (χ4v) is 5.69. The normalized spacial score (nSPS) is 25.6. The van der Waals surface area contributed by atoms with Gasteiger partial charge in [-0.1, -0.05) is 49.6 Å². The van der Waals surface area contributed by atoms with E-state index in [1.165, 1.54) is 37.7 Å². The van der Waals surface area contributed by atoms with Crippen molar-refractivity contribution in [1.82, 2.24) is 10.2 Å². The summed E-state index contributed by atoms with van der Waals surface area (Å²) in [7, 11) is 2.20. The quantitative estimate of drug-likeness (QED) is 0.882. The third-order valence-electron chi connectivity index (χ3n) is 7.58. The number of hydrogen-bond donors (Lipinski definition) is 1. The van der Waals surface area contributed by atoms with Gasteiger partial charge < -0.3 is 10.2 Å². The van der Waals surface area contributed by atoms with E-state index >= 15 is 0 Å². The second kappa shape index (κ2) is 7.34. The Labute approximate surface area is 158 Å². The Balaban J connectivity index is 1.37. The average Bonchev–Trinajstić information content (AvgIpc) is 2.67. The van der Waals surface area contributed by atoms with Crippen molar-refractivity contribution < 1.29 is 4.79 Å². The molecular formula is C23H34N2O. The highest BCUT2D eigenvalue weighted by atomic mass is 16.1. The monoisotopic (exact) mass is 354 g/mol. The molecule has 1 aromatic rings. The highest BCUT2D eigenvalue weighted by Gasteiger charge is 2.47. The maximum absolute atomic E-state index is 12.8. The molecule has 2 aliphatic carbocycles. The number of nitrogens with zero attached hydrogens (tertiary/aromatic N) is 1. The van der Waals surface area contributed by atoms with Gasteiger partial charge in [0.1, 0.15) is 0 Å². The summed E-state index contributed by atoms with van der Waals surface area (Å²) < 4.78 is 0. The summed E-state index contributed by atoms with van der Waals surface area (Å²) in [5.41, 5.74) is 2.03. The lowest BCUT2D eigenvalue weighted by Crippen LogP contribution is -2.51. The van der Waals surface area contributed by atoms with Crippen molar-refractivity contribution in [3.8, 4) is 0 Å². The number of piperidine rings is 1. The first-order valence-electron chi connectivity index (χ1n) is 10.6. The van der Waals surface area contributed by atoms with Crippen LogP contribution in [0.3, 0.4) is 0 Å². The summed E-state index contributed by atoms with van der Waals surface area (Å²) >= 11 is 0. The van der Waals surface area contributed by atoms with E-state index in [2.05, 4.69) is 47.6 Å². The summed E-state index contributed by atoms with van der Waals surface area (Å²) in [5.74, 6) is 0.586. The third kappa shape index (κ3) is 3.55. The molecule has 0 aromatic heterocycles. The topological polar surface area (TPSA) is 32.3 Å². The lowest BCUT2D eigenvalue weighted by atomic mass is 9.55. The average molecular weight is 355 g/mol. The number of likely N-dealkylation sites (tertiary alicyclic amines) is 1. The molecular weight excluding hydrogens is 320 g/mol. The van der Waals surface area contributed by atoms with Crippen LogP contribution in [0, 0.1) is 11.3 Å². The zero-order valence-corrected chi connectivity index (χ0v) is 16.3. The van der Waals surface area contributed by atoms with Gasteiger partial charge in [-0.2, -0.15) is 0 Å². The van der Waals surface area contributed by atoms with Crippen molar-refractivity contribution in [1.29, 1.82) is 0 Å². The largest absolute Gasteiger partial charge is 0.355 e. The summed E-state index contributed by atoms with van der Waals surface area (Å²) in [6.45, 7) is 3.02. The number of amides is 1. The van der Waals surface area contributed by atoms with Gasteiger partial charge in [0.2, 0.25) is 5.91 Å². The number of hydrogen-bond acceptors (Lipinski definition) is 2. The number of benzene rings is 1. The highest BCUT2D eigenvalue weighted by Crippen LogP contribution is 2.54. The Hall–Kier alpha value is -1.35. The summed E-state index contributed by atoms with van der Waals surface area (Å²) in [6, 6.07) is 10.9. The molecule has 1 amide bonds. The van der Waals surface area contributed by atoms with Crippen LogP contribution < -0.4 is 5.32 Å². The first kappa shape index (κ1) is 18.0. The minimum Gasteiger partial charge on any atom is -0.355 e. The number of nitrogens with one attached hydrogen (secondary N) is 1. The van der Waals surface area contributed by atoms with Crippen LogP contribution in [-0.4, -0.2) is 37.5 Å². The van der Waals surface area contributed by atoms with Gasteiger partial charge >= 0.3 is 0 Å². The van der Waals surface area contributed by atoms with Crippen molar-refractivity contribution in [3.63, 3.8) is 0 Å². The molecule has 1 aliphatic heterocycles.